The van der Waals surface area contributed by atoms with Gasteiger partial charge < -0.3 is 13.9 Å². The normalized spacial score (nSPS) is 10.6. The van der Waals surface area contributed by atoms with Gasteiger partial charge in [0, 0.05) is 0 Å². The van der Waals surface area contributed by atoms with Gasteiger partial charge in [-0.1, -0.05) is 0 Å². The Labute approximate surface area is 122 Å². The summed E-state index contributed by atoms with van der Waals surface area (Å²) in [6.07, 6.45) is 1.43. The Bertz CT molecular complexity index is 617. The molecule has 0 aliphatic heterocycles. The summed E-state index contributed by atoms with van der Waals surface area (Å²) in [5.74, 6) is 2.31. The molecule has 0 saturated carbocycles. The van der Waals surface area contributed by atoms with Crippen molar-refractivity contribution in [1.29, 1.82) is 0 Å². The number of furan rings is 1. The Morgan fingerprint density at radius 1 is 1.24 bits per heavy atom. The van der Waals surface area contributed by atoms with Crippen LogP contribution in [0.5, 0.6) is 11.5 Å². The maximum absolute atomic E-state index is 11.5. The van der Waals surface area contributed by atoms with Crippen LogP contribution in [0.3, 0.4) is 0 Å². The van der Waals surface area contributed by atoms with Crippen molar-refractivity contribution in [3.05, 3.63) is 47.9 Å². The molecule has 0 spiro atoms. The summed E-state index contributed by atoms with van der Waals surface area (Å²) >= 11 is 0. The van der Waals surface area contributed by atoms with E-state index < -0.39 is 0 Å². The van der Waals surface area contributed by atoms with Crippen LogP contribution in [0.4, 0.5) is 0 Å². The van der Waals surface area contributed by atoms with Crippen molar-refractivity contribution in [2.75, 3.05) is 13.7 Å². The van der Waals surface area contributed by atoms with Crippen LogP contribution >= 0.6 is 0 Å². The summed E-state index contributed by atoms with van der Waals surface area (Å²) in [6, 6.07) is 10.5. The van der Waals surface area contributed by atoms with Gasteiger partial charge in [-0.3, -0.25) is 4.79 Å². The van der Waals surface area contributed by atoms with Crippen molar-refractivity contribution >= 4 is 12.1 Å². The molecule has 0 radical (unpaired) electrons. The van der Waals surface area contributed by atoms with Crippen molar-refractivity contribution in [3.8, 4) is 11.5 Å². The van der Waals surface area contributed by atoms with E-state index in [2.05, 4.69) is 10.5 Å². The van der Waals surface area contributed by atoms with E-state index in [0.29, 0.717) is 11.5 Å². The molecule has 2 aromatic rings. The molecule has 0 unspecified atom stereocenters. The van der Waals surface area contributed by atoms with Crippen molar-refractivity contribution in [3.63, 3.8) is 0 Å². The Kier molecular flexibility index (Phi) is 4.98. The second kappa shape index (κ2) is 7.14. The lowest BCUT2D eigenvalue weighted by atomic mass is 10.3. The molecule has 6 nitrogen and oxygen atoms in total. The zero-order valence-electron chi connectivity index (χ0n) is 11.8. The zero-order valence-corrected chi connectivity index (χ0v) is 11.8. The lowest BCUT2D eigenvalue weighted by Gasteiger charge is -2.05. The van der Waals surface area contributed by atoms with Gasteiger partial charge in [-0.25, -0.2) is 5.43 Å². The average Bonchev–Trinajstić information content (AvgIpc) is 2.91. The molecule has 6 heteroatoms. The molecule has 110 valence electrons. The minimum Gasteiger partial charge on any atom is -0.497 e. The number of ether oxygens (including phenoxy) is 2. The molecular weight excluding hydrogens is 272 g/mol. The third-order valence-electron chi connectivity index (χ3n) is 2.57. The van der Waals surface area contributed by atoms with E-state index in [4.69, 9.17) is 13.9 Å². The van der Waals surface area contributed by atoms with Crippen LogP contribution in [0.15, 0.2) is 45.9 Å². The fraction of sp³-hybridized carbons (Fsp3) is 0.200. The van der Waals surface area contributed by atoms with Crippen LogP contribution in [-0.4, -0.2) is 25.8 Å². The van der Waals surface area contributed by atoms with Crippen LogP contribution in [-0.2, 0) is 4.79 Å². The van der Waals surface area contributed by atoms with E-state index in [9.17, 15) is 4.79 Å². The number of hydrogen-bond donors (Lipinski definition) is 1. The fourth-order valence-electron chi connectivity index (χ4n) is 1.54. The summed E-state index contributed by atoms with van der Waals surface area (Å²) in [4.78, 5) is 11.5. The van der Waals surface area contributed by atoms with Gasteiger partial charge in [0.05, 0.1) is 13.3 Å². The first-order valence-corrected chi connectivity index (χ1v) is 6.32. The molecule has 1 aromatic heterocycles. The van der Waals surface area contributed by atoms with E-state index in [1.165, 1.54) is 6.21 Å². The lowest BCUT2D eigenvalue weighted by Crippen LogP contribution is -2.24. The summed E-state index contributed by atoms with van der Waals surface area (Å²) in [5, 5.41) is 3.78. The number of aryl methyl sites for hydroxylation is 1. The number of hydrogen-bond acceptors (Lipinski definition) is 5. The highest BCUT2D eigenvalue weighted by Gasteiger charge is 2.02. The van der Waals surface area contributed by atoms with Gasteiger partial charge in [-0.2, -0.15) is 5.10 Å². The molecule has 1 heterocycles. The van der Waals surface area contributed by atoms with E-state index >= 15 is 0 Å². The molecule has 2 rings (SSSR count). The van der Waals surface area contributed by atoms with Crippen molar-refractivity contribution < 1.29 is 18.7 Å². The number of benzene rings is 1. The average molecular weight is 288 g/mol. The van der Waals surface area contributed by atoms with Crippen LogP contribution in [0.1, 0.15) is 11.5 Å². The highest BCUT2D eigenvalue weighted by atomic mass is 16.5. The van der Waals surface area contributed by atoms with Crippen molar-refractivity contribution in [1.82, 2.24) is 5.43 Å². The predicted octanol–water partition coefficient (Wildman–Crippen LogP) is 2.13. The third kappa shape index (κ3) is 4.68. The Hall–Kier alpha value is -2.76. The highest BCUT2D eigenvalue weighted by Crippen LogP contribution is 2.16. The first-order chi connectivity index (χ1) is 10.2. The largest absolute Gasteiger partial charge is 0.497 e. The second-order valence-electron chi connectivity index (χ2n) is 4.21. The quantitative estimate of drug-likeness (QED) is 0.653. The number of hydrazone groups is 1. The second-order valence-corrected chi connectivity index (χ2v) is 4.21. The van der Waals surface area contributed by atoms with Crippen LogP contribution in [0.2, 0.25) is 0 Å². The summed E-state index contributed by atoms with van der Waals surface area (Å²) < 4.78 is 15.6. The molecule has 1 N–H and O–H groups in total. The predicted molar refractivity (Wildman–Crippen MR) is 77.7 cm³/mol. The van der Waals surface area contributed by atoms with Gasteiger partial charge in [0.1, 0.15) is 23.0 Å². The third-order valence-corrected chi connectivity index (χ3v) is 2.57. The first kappa shape index (κ1) is 14.6. The van der Waals surface area contributed by atoms with Crippen molar-refractivity contribution in [2.24, 2.45) is 5.10 Å². The van der Waals surface area contributed by atoms with Crippen LogP contribution in [0.25, 0.3) is 0 Å². The molecule has 0 saturated heterocycles. The summed E-state index contributed by atoms with van der Waals surface area (Å²) in [6.45, 7) is 1.71. The molecule has 1 amide bonds. The molecule has 0 aliphatic rings. The Balaban J connectivity index is 1.75. The smallest absolute Gasteiger partial charge is 0.277 e. The van der Waals surface area contributed by atoms with Gasteiger partial charge in [-0.05, 0) is 43.3 Å². The van der Waals surface area contributed by atoms with Crippen molar-refractivity contribution in [2.45, 2.75) is 6.92 Å². The standard InChI is InChI=1S/C15H16N2O4/c1-11-3-4-14(21-11)9-16-17-15(18)10-20-13-7-5-12(19-2)6-8-13/h3-9H,10H2,1-2H3,(H,17,18)/b16-9-. The monoisotopic (exact) mass is 288 g/mol. The minimum absolute atomic E-state index is 0.124. The minimum atomic E-state index is -0.356. The number of methoxy groups -OCH3 is 1. The van der Waals surface area contributed by atoms with Crippen LogP contribution < -0.4 is 14.9 Å². The number of carbonyl (C=O) groups excluding carboxylic acids is 1. The molecule has 0 bridgehead atoms. The molecule has 1 aromatic carbocycles. The maximum atomic E-state index is 11.5. The van der Waals surface area contributed by atoms with Crippen LogP contribution in [0, 0.1) is 6.92 Å². The molecule has 0 fully saturated rings. The maximum Gasteiger partial charge on any atom is 0.277 e. The number of carbonyl (C=O) groups is 1. The highest BCUT2D eigenvalue weighted by molar-refractivity contribution is 5.81. The number of rotatable bonds is 6. The molecular formula is C15H16N2O4. The SMILES string of the molecule is COc1ccc(OCC(=O)N/N=C\c2ccc(C)o2)cc1. The van der Waals surface area contributed by atoms with E-state index in [1.54, 1.807) is 37.4 Å². The number of nitrogens with one attached hydrogen (secondary N) is 1. The molecule has 0 atom stereocenters. The van der Waals surface area contributed by atoms with E-state index in [1.807, 2.05) is 13.0 Å². The molecule has 0 aliphatic carbocycles. The first-order valence-electron chi connectivity index (χ1n) is 6.32. The molecule has 21 heavy (non-hydrogen) atoms. The zero-order chi connectivity index (χ0) is 15.1. The fourth-order valence-corrected chi connectivity index (χ4v) is 1.54. The topological polar surface area (TPSA) is 73.1 Å². The van der Waals surface area contributed by atoms with E-state index in [0.717, 1.165) is 11.5 Å². The van der Waals surface area contributed by atoms with Gasteiger partial charge in [0.2, 0.25) is 0 Å². The summed E-state index contributed by atoms with van der Waals surface area (Å²) in [7, 11) is 1.59. The van der Waals surface area contributed by atoms with Gasteiger partial charge in [0.25, 0.3) is 5.91 Å². The number of amides is 1. The Morgan fingerprint density at radius 3 is 2.57 bits per heavy atom. The number of nitrogens with zero attached hydrogens (tertiary/aromatic N) is 1. The lowest BCUT2D eigenvalue weighted by molar-refractivity contribution is -0.123. The van der Waals surface area contributed by atoms with Gasteiger partial charge in [-0.15, -0.1) is 0 Å². The van der Waals surface area contributed by atoms with E-state index in [-0.39, 0.29) is 12.5 Å². The van der Waals surface area contributed by atoms with Gasteiger partial charge >= 0.3 is 0 Å². The van der Waals surface area contributed by atoms with Gasteiger partial charge in [0.15, 0.2) is 6.61 Å². The Morgan fingerprint density at radius 2 is 1.95 bits per heavy atom. The summed E-state index contributed by atoms with van der Waals surface area (Å²) in [5.41, 5.74) is 2.35.